The summed E-state index contributed by atoms with van der Waals surface area (Å²) in [4.78, 5) is 23.9. The van der Waals surface area contributed by atoms with Crippen LogP contribution in [0.25, 0.3) is 0 Å². The molecule has 132 valence electrons. The Bertz CT molecular complexity index is 642. The predicted octanol–water partition coefficient (Wildman–Crippen LogP) is 0.940. The highest BCUT2D eigenvalue weighted by Crippen LogP contribution is 2.22. The molecule has 2 rings (SSSR count). The molecule has 0 bridgehead atoms. The molecule has 1 aliphatic rings. The summed E-state index contributed by atoms with van der Waals surface area (Å²) < 4.78 is 6.80. The third-order valence-electron chi connectivity index (χ3n) is 3.25. The van der Waals surface area contributed by atoms with Gasteiger partial charge >= 0.3 is 12.0 Å². The van der Waals surface area contributed by atoms with Gasteiger partial charge in [-0.25, -0.2) is 14.3 Å². The lowest BCUT2D eigenvalue weighted by atomic mass is 10.1. The van der Waals surface area contributed by atoms with Crippen molar-refractivity contribution in [1.82, 2.24) is 30.8 Å². The lowest BCUT2D eigenvalue weighted by Gasteiger charge is -2.26. The van der Waals surface area contributed by atoms with Crippen molar-refractivity contribution in [3.05, 3.63) is 11.3 Å². The van der Waals surface area contributed by atoms with Gasteiger partial charge in [-0.05, 0) is 30.2 Å². The first-order valence-electron chi connectivity index (χ1n) is 7.79. The summed E-state index contributed by atoms with van der Waals surface area (Å²) in [5.74, 6) is 0.334. The molecule has 0 saturated carbocycles. The summed E-state index contributed by atoms with van der Waals surface area (Å²) in [5, 5.41) is 17.6. The van der Waals surface area contributed by atoms with Gasteiger partial charge in [0, 0.05) is 18.0 Å². The average molecular weight is 354 g/mol. The van der Waals surface area contributed by atoms with E-state index >= 15 is 0 Å². The Balaban J connectivity index is 2.17. The number of carbonyl (C=O) groups excluding carboxylic acids is 2. The predicted molar refractivity (Wildman–Crippen MR) is 88.2 cm³/mol. The topological polar surface area (TPSA) is 111 Å². The van der Waals surface area contributed by atoms with Crippen LogP contribution in [0.4, 0.5) is 4.79 Å². The number of hydrogen-bond acceptors (Lipinski definition) is 7. The van der Waals surface area contributed by atoms with Gasteiger partial charge in [0.1, 0.15) is 0 Å². The van der Waals surface area contributed by atoms with Gasteiger partial charge in [0.05, 0.1) is 18.2 Å². The quantitative estimate of drug-likeness (QED) is 0.554. The maximum Gasteiger partial charge on any atom is 0.337 e. The van der Waals surface area contributed by atoms with Gasteiger partial charge in [-0.3, -0.25) is 0 Å². The zero-order valence-corrected chi connectivity index (χ0v) is 15.0. The Morgan fingerprint density at radius 3 is 2.88 bits per heavy atom. The number of ether oxygens (including phenoxy) is 1. The lowest BCUT2D eigenvalue weighted by Crippen LogP contribution is -2.49. The van der Waals surface area contributed by atoms with E-state index in [2.05, 4.69) is 40.0 Å². The Morgan fingerprint density at radius 2 is 2.21 bits per heavy atom. The van der Waals surface area contributed by atoms with E-state index in [9.17, 15) is 9.59 Å². The summed E-state index contributed by atoms with van der Waals surface area (Å²) in [6, 6.07) is -0.757. The van der Waals surface area contributed by atoms with Crippen molar-refractivity contribution in [3.8, 4) is 0 Å². The number of nitrogens with zero attached hydrogens (tertiary/aromatic N) is 4. The first kappa shape index (κ1) is 18.2. The maximum atomic E-state index is 12.2. The molecule has 1 aromatic heterocycles. The van der Waals surface area contributed by atoms with Crippen LogP contribution in [0.15, 0.2) is 16.4 Å². The van der Waals surface area contributed by atoms with Crippen LogP contribution in [-0.2, 0) is 16.1 Å². The first-order valence-corrected chi connectivity index (χ1v) is 8.77. The van der Waals surface area contributed by atoms with Crippen LogP contribution < -0.4 is 10.6 Å². The van der Waals surface area contributed by atoms with Crippen LogP contribution in [0.2, 0.25) is 0 Å². The maximum absolute atomic E-state index is 12.2. The zero-order valence-electron chi connectivity index (χ0n) is 14.2. The van der Waals surface area contributed by atoms with E-state index in [0.717, 1.165) is 0 Å². The second-order valence-corrected chi connectivity index (χ2v) is 6.70. The van der Waals surface area contributed by atoms with Crippen LogP contribution >= 0.6 is 11.8 Å². The van der Waals surface area contributed by atoms with E-state index in [1.54, 1.807) is 18.5 Å². The van der Waals surface area contributed by atoms with Crippen molar-refractivity contribution in [2.75, 3.05) is 12.4 Å². The normalized spacial score (nSPS) is 17.7. The second-order valence-electron chi connectivity index (χ2n) is 5.76. The minimum absolute atomic E-state index is 0.274. The molecular formula is C14H22N6O3S. The molecule has 24 heavy (non-hydrogen) atoms. The van der Waals surface area contributed by atoms with Gasteiger partial charge in [-0.1, -0.05) is 25.6 Å². The monoisotopic (exact) mass is 354 g/mol. The van der Waals surface area contributed by atoms with Crippen molar-refractivity contribution in [2.45, 2.75) is 45.4 Å². The molecule has 0 spiro atoms. The van der Waals surface area contributed by atoms with E-state index in [1.807, 2.05) is 0 Å². The number of rotatable bonds is 7. The minimum Gasteiger partial charge on any atom is -0.463 e. The van der Waals surface area contributed by atoms with Crippen molar-refractivity contribution in [1.29, 1.82) is 0 Å². The smallest absolute Gasteiger partial charge is 0.337 e. The van der Waals surface area contributed by atoms with E-state index < -0.39 is 12.0 Å². The van der Waals surface area contributed by atoms with Crippen molar-refractivity contribution < 1.29 is 14.3 Å². The number of thioether (sulfide) groups is 1. The standard InChI is InChI=1S/C14H22N6O3S/c1-5-23-12(21)11-9(4)15-13(22)16-10(11)7-24-14-17-18-19-20(14)6-8(2)3/h8-9H,5-7H2,1-4H3,(H2,15,16,22). The van der Waals surface area contributed by atoms with Gasteiger partial charge in [-0.15, -0.1) is 5.10 Å². The van der Waals surface area contributed by atoms with Gasteiger partial charge in [0.25, 0.3) is 0 Å². The number of urea groups is 1. The largest absolute Gasteiger partial charge is 0.463 e. The van der Waals surface area contributed by atoms with Crippen molar-refractivity contribution >= 4 is 23.8 Å². The van der Waals surface area contributed by atoms with E-state index in [4.69, 9.17) is 4.74 Å². The minimum atomic E-state index is -0.435. The third kappa shape index (κ3) is 4.47. The van der Waals surface area contributed by atoms with Crippen molar-refractivity contribution in [2.24, 2.45) is 5.92 Å². The molecule has 1 unspecified atom stereocenters. The van der Waals surface area contributed by atoms with Gasteiger partial charge in [-0.2, -0.15) is 0 Å². The molecule has 0 aromatic carbocycles. The molecular weight excluding hydrogens is 332 g/mol. The number of hydrogen-bond donors (Lipinski definition) is 2. The molecule has 1 atom stereocenters. The Hall–Kier alpha value is -2.10. The summed E-state index contributed by atoms with van der Waals surface area (Å²) in [7, 11) is 0. The first-order chi connectivity index (χ1) is 11.4. The molecule has 9 nitrogen and oxygen atoms in total. The lowest BCUT2D eigenvalue weighted by molar-refractivity contribution is -0.138. The third-order valence-corrected chi connectivity index (χ3v) is 4.23. The fraction of sp³-hybridized carbons (Fsp3) is 0.643. The fourth-order valence-electron chi connectivity index (χ4n) is 2.29. The number of esters is 1. The molecule has 2 N–H and O–H groups in total. The Morgan fingerprint density at radius 1 is 1.46 bits per heavy atom. The number of tetrazole rings is 1. The molecule has 10 heteroatoms. The van der Waals surface area contributed by atoms with E-state index in [-0.39, 0.29) is 12.6 Å². The van der Waals surface area contributed by atoms with Crippen LogP contribution in [0.5, 0.6) is 0 Å². The Kier molecular flexibility index (Phi) is 6.18. The average Bonchev–Trinajstić information content (AvgIpc) is 2.91. The van der Waals surface area contributed by atoms with Crippen LogP contribution in [0, 0.1) is 5.92 Å². The molecule has 2 heterocycles. The second kappa shape index (κ2) is 8.13. The number of carbonyl (C=O) groups is 2. The summed E-state index contributed by atoms with van der Waals surface area (Å²) in [6.07, 6.45) is 0. The highest BCUT2D eigenvalue weighted by atomic mass is 32.2. The Labute approximate surface area is 144 Å². The van der Waals surface area contributed by atoms with E-state index in [0.29, 0.717) is 34.6 Å². The van der Waals surface area contributed by atoms with Gasteiger partial charge in [0.15, 0.2) is 0 Å². The molecule has 0 radical (unpaired) electrons. The summed E-state index contributed by atoms with van der Waals surface area (Å²) in [5.41, 5.74) is 0.945. The molecule has 1 aliphatic heterocycles. The van der Waals surface area contributed by atoms with Gasteiger partial charge < -0.3 is 15.4 Å². The SMILES string of the molecule is CCOC(=O)C1=C(CSc2nnnn2CC(C)C)NC(=O)NC1C. The van der Waals surface area contributed by atoms with Gasteiger partial charge in [0.2, 0.25) is 5.16 Å². The molecule has 0 saturated heterocycles. The molecule has 1 aromatic rings. The number of aromatic nitrogens is 4. The molecule has 0 fully saturated rings. The summed E-state index contributed by atoms with van der Waals surface area (Å²) >= 11 is 1.36. The molecule has 0 aliphatic carbocycles. The van der Waals surface area contributed by atoms with Crippen LogP contribution in [-0.4, -0.2) is 50.6 Å². The van der Waals surface area contributed by atoms with Crippen molar-refractivity contribution in [3.63, 3.8) is 0 Å². The van der Waals surface area contributed by atoms with Crippen LogP contribution in [0.3, 0.4) is 0 Å². The molecule has 2 amide bonds. The summed E-state index contributed by atoms with van der Waals surface area (Å²) in [6.45, 7) is 8.61. The van der Waals surface area contributed by atoms with E-state index in [1.165, 1.54) is 11.8 Å². The number of amides is 2. The highest BCUT2D eigenvalue weighted by Gasteiger charge is 2.29. The fourth-order valence-corrected chi connectivity index (χ4v) is 3.15. The number of nitrogens with one attached hydrogen (secondary N) is 2. The van der Waals surface area contributed by atoms with Crippen LogP contribution in [0.1, 0.15) is 27.7 Å². The highest BCUT2D eigenvalue weighted by molar-refractivity contribution is 7.99. The zero-order chi connectivity index (χ0) is 17.7.